The summed E-state index contributed by atoms with van der Waals surface area (Å²) in [6.45, 7) is 0. The van der Waals surface area contributed by atoms with Gasteiger partial charge in [-0.2, -0.15) is 0 Å². The fourth-order valence-electron chi connectivity index (χ4n) is 0. The normalized spacial score (nSPS) is 3.50. The van der Waals surface area contributed by atoms with Crippen LogP contribution in [0, 0.1) is 7.43 Å². The molecule has 0 amide bonds. The van der Waals surface area contributed by atoms with Crippen molar-refractivity contribution in [3.63, 3.8) is 0 Å². The Bertz CT molecular complexity index is 24.8. The average molecular weight is 178 g/mol. The molecule has 1 N–H and O–H groups in total. The second-order valence-electron chi connectivity index (χ2n) is 0.352. The van der Waals surface area contributed by atoms with Crippen LogP contribution in [0.2, 0.25) is 0 Å². The summed E-state index contributed by atoms with van der Waals surface area (Å²) in [5.74, 6) is 0. The minimum Gasteiger partial charge on any atom is -0.559 e. The van der Waals surface area contributed by atoms with Crippen LogP contribution in [0.5, 0.6) is 0 Å². The van der Waals surface area contributed by atoms with Gasteiger partial charge in [-0.15, -0.1) is 0 Å². The van der Waals surface area contributed by atoms with Crippen molar-refractivity contribution in [2.75, 3.05) is 7.05 Å². The summed E-state index contributed by atoms with van der Waals surface area (Å²) in [6, 6.07) is 0. The van der Waals surface area contributed by atoms with Gasteiger partial charge >= 0.3 is 32.7 Å². The molecule has 1 nitrogen and oxygen atoms in total. The van der Waals surface area contributed by atoms with Crippen molar-refractivity contribution < 1.29 is 32.7 Å². The first-order valence-electron chi connectivity index (χ1n) is 0.954. The van der Waals surface area contributed by atoms with E-state index in [4.69, 9.17) is 0 Å². The molecule has 0 heterocycles. The zero-order valence-electron chi connectivity index (χ0n) is 3.99. The molecule has 0 radical (unpaired) electrons. The minimum absolute atomic E-state index is 0. The van der Waals surface area contributed by atoms with Gasteiger partial charge < -0.3 is 30.5 Å². The zero-order chi connectivity index (χ0) is 3.41. The molecule has 0 aliphatic heterocycles. The van der Waals surface area contributed by atoms with E-state index in [0.717, 1.165) is 0 Å². The van der Waals surface area contributed by atoms with Crippen molar-refractivity contribution in [3.8, 4) is 0 Å². The molecule has 3 heteroatoms. The number of hydrogen-bond acceptors (Lipinski definition) is 1. The van der Waals surface area contributed by atoms with Gasteiger partial charge in [-0.05, 0) is 7.05 Å². The summed E-state index contributed by atoms with van der Waals surface area (Å²) in [5, 5.41) is 2.50. The Kier molecular flexibility index (Phi) is 43.8. The van der Waals surface area contributed by atoms with Crippen LogP contribution in [0.4, 0.5) is 0 Å². The van der Waals surface area contributed by atoms with E-state index in [1.165, 1.54) is 0 Å². The molecule has 0 bridgehead atoms. The molecule has 0 aromatic rings. The summed E-state index contributed by atoms with van der Waals surface area (Å²) < 4.78 is 0. The van der Waals surface area contributed by atoms with Crippen molar-refractivity contribution in [1.82, 2.24) is 5.32 Å². The van der Waals surface area contributed by atoms with Crippen LogP contribution >= 0.6 is 12.2 Å². The Morgan fingerprint density at radius 3 is 1.83 bits per heavy atom. The summed E-state index contributed by atoms with van der Waals surface area (Å²) >= 11 is 4.19. The molecule has 0 aliphatic carbocycles. The smallest absolute Gasteiger partial charge is 0.559 e. The van der Waals surface area contributed by atoms with Crippen LogP contribution in [-0.2, 0) is 32.7 Å². The molecule has 0 aromatic carbocycles. The molecule has 32 valence electrons. The van der Waals surface area contributed by atoms with E-state index in [1.54, 1.807) is 7.05 Å². The van der Waals surface area contributed by atoms with Gasteiger partial charge in [-0.1, -0.05) is 0 Å². The Morgan fingerprint density at radius 2 is 1.83 bits per heavy atom. The molecule has 0 spiro atoms. The number of hydrogen-bond donors (Lipinski definition) is 1. The van der Waals surface area contributed by atoms with Crippen molar-refractivity contribution >= 4 is 17.7 Å². The number of rotatable bonds is 1. The van der Waals surface area contributed by atoms with Crippen LogP contribution in [0.3, 0.4) is 0 Å². The molecule has 6 heavy (non-hydrogen) atoms. The number of nitrogens with one attached hydrogen (secondary N) is 1. The maximum Gasteiger partial charge on any atom is 3.00 e. The van der Waals surface area contributed by atoms with Gasteiger partial charge in [0.25, 0.3) is 0 Å². The van der Waals surface area contributed by atoms with Crippen molar-refractivity contribution in [3.05, 3.63) is 7.43 Å². The molecule has 0 aliphatic rings. The van der Waals surface area contributed by atoms with Gasteiger partial charge in [0.1, 0.15) is 0 Å². The van der Waals surface area contributed by atoms with Crippen molar-refractivity contribution in [2.24, 2.45) is 0 Å². The molecule has 0 rings (SSSR count). The average Bonchev–Trinajstić information content (AvgIpc) is 1.37. The number of thiocarbonyl (C=S) groups is 1. The van der Waals surface area contributed by atoms with E-state index in [0.29, 0.717) is 0 Å². The van der Waals surface area contributed by atoms with Gasteiger partial charge in [-0.3, -0.25) is 0 Å². The summed E-state index contributed by atoms with van der Waals surface area (Å²) in [5.41, 5.74) is 2.26. The van der Waals surface area contributed by atoms with Crippen LogP contribution in [0.25, 0.3) is 0 Å². The molecule has 0 saturated carbocycles. The molecule has 0 unspecified atom stereocenters. The Balaban J connectivity index is -0.0000000450. The summed E-state index contributed by atoms with van der Waals surface area (Å²) in [4.78, 5) is 0. The maximum absolute atomic E-state index is 4.19. The van der Waals surface area contributed by atoms with E-state index in [9.17, 15) is 0 Å². The zero-order valence-corrected chi connectivity index (χ0v) is 7.64. The van der Waals surface area contributed by atoms with E-state index >= 15 is 0 Å². The second-order valence-corrected chi connectivity index (χ2v) is 0.556. The van der Waals surface area contributed by atoms with Gasteiger partial charge in [0.05, 0.1) is 0 Å². The van der Waals surface area contributed by atoms with Gasteiger partial charge in [0.15, 0.2) is 0 Å². The Hall–Kier alpha value is 0.994. The van der Waals surface area contributed by atoms with E-state index in [2.05, 4.69) is 23.0 Å². The minimum atomic E-state index is 0. The van der Waals surface area contributed by atoms with Crippen molar-refractivity contribution in [2.45, 2.75) is 0 Å². The maximum atomic E-state index is 4.19. The monoisotopic (exact) mass is 178 g/mol. The molecular weight excluding hydrogens is 171 g/mol. The van der Waals surface area contributed by atoms with E-state index in [-0.39, 0.29) is 40.1 Å². The predicted molar refractivity (Wildman–Crippen MR) is 28.1 cm³/mol. The van der Waals surface area contributed by atoms with Crippen LogP contribution < -0.4 is 5.32 Å². The van der Waals surface area contributed by atoms with E-state index in [1.807, 2.05) is 0 Å². The van der Waals surface area contributed by atoms with Crippen molar-refractivity contribution in [1.29, 1.82) is 0 Å². The van der Waals surface area contributed by atoms with Gasteiger partial charge in [0, 0.05) is 0 Å². The second kappa shape index (κ2) is 16.7. The Labute approximate surface area is 69.8 Å². The largest absolute Gasteiger partial charge is 3.00 e. The molecular formula is C3H7NSY+. The predicted octanol–water partition coefficient (Wildman–Crippen LogP) is 0.488. The standard InChI is InChI=1S/C2H4NS.CH3.Y/c1-3-2-4;;/h1H3,(H,3,4);1H3;/q2*-1;+3. The third-order valence-electron chi connectivity index (χ3n) is 0.102. The first kappa shape index (κ1) is 15.8. The van der Waals surface area contributed by atoms with Gasteiger partial charge in [-0.25, -0.2) is 0 Å². The summed E-state index contributed by atoms with van der Waals surface area (Å²) in [7, 11) is 1.72. The SMILES string of the molecule is CN[C-]=S.[CH3-].[Y+3]. The third kappa shape index (κ3) is 20.0. The van der Waals surface area contributed by atoms with Crippen LogP contribution in [-0.4, -0.2) is 12.5 Å². The Morgan fingerprint density at radius 1 is 1.67 bits per heavy atom. The van der Waals surface area contributed by atoms with E-state index < -0.39 is 0 Å². The topological polar surface area (TPSA) is 12.0 Å². The quantitative estimate of drug-likeness (QED) is 0.356. The first-order chi connectivity index (χ1) is 1.91. The fourth-order valence-corrected chi connectivity index (χ4v) is 0. The van der Waals surface area contributed by atoms with Crippen LogP contribution in [0.15, 0.2) is 0 Å². The van der Waals surface area contributed by atoms with Crippen LogP contribution in [0.1, 0.15) is 0 Å². The molecule has 0 aromatic heterocycles. The first-order valence-corrected chi connectivity index (χ1v) is 1.36. The van der Waals surface area contributed by atoms with Gasteiger partial charge in [0.2, 0.25) is 0 Å². The summed E-state index contributed by atoms with van der Waals surface area (Å²) in [6.07, 6.45) is 0. The molecule has 0 saturated heterocycles. The fraction of sp³-hybridized carbons (Fsp3) is 0.333. The molecule has 0 atom stereocenters. The third-order valence-corrected chi connectivity index (χ3v) is 0.306. The molecule has 0 fully saturated rings.